The molecule has 4 heteroatoms. The van der Waals surface area contributed by atoms with Crippen molar-refractivity contribution in [3.8, 4) is 11.5 Å². The predicted molar refractivity (Wildman–Crippen MR) is 97.2 cm³/mol. The van der Waals surface area contributed by atoms with Gasteiger partial charge in [-0.25, -0.2) is 4.79 Å². The van der Waals surface area contributed by atoms with E-state index in [1.54, 1.807) is 32.4 Å². The maximum atomic E-state index is 12.8. The van der Waals surface area contributed by atoms with Crippen molar-refractivity contribution in [2.75, 3.05) is 14.2 Å². The van der Waals surface area contributed by atoms with Gasteiger partial charge < -0.3 is 14.2 Å². The van der Waals surface area contributed by atoms with Crippen LogP contribution in [-0.4, -0.2) is 26.3 Å². The lowest BCUT2D eigenvalue weighted by Crippen LogP contribution is -2.44. The second-order valence-corrected chi connectivity index (χ2v) is 8.44. The van der Waals surface area contributed by atoms with Crippen molar-refractivity contribution in [1.82, 2.24) is 0 Å². The van der Waals surface area contributed by atoms with E-state index in [2.05, 4.69) is 20.8 Å². The number of hydrogen-bond acceptors (Lipinski definition) is 4. The molecule has 0 aliphatic heterocycles. The van der Waals surface area contributed by atoms with Gasteiger partial charge in [-0.3, -0.25) is 0 Å². The van der Waals surface area contributed by atoms with Crippen LogP contribution in [0.1, 0.15) is 63.2 Å². The Kier molecular flexibility index (Phi) is 4.74. The van der Waals surface area contributed by atoms with Crippen LogP contribution in [0.25, 0.3) is 0 Å². The molecule has 0 bridgehead atoms. The zero-order valence-electron chi connectivity index (χ0n) is 16.1. The van der Waals surface area contributed by atoms with Crippen LogP contribution in [0.15, 0.2) is 18.2 Å². The number of rotatable bonds is 4. The minimum absolute atomic E-state index is 0.0172. The summed E-state index contributed by atoms with van der Waals surface area (Å²) in [7, 11) is 3.15. The fraction of sp³-hybridized carbons (Fsp3) is 0.667. The van der Waals surface area contributed by atoms with Crippen LogP contribution in [0.5, 0.6) is 11.5 Å². The Bertz CT molecular complexity index is 651. The summed E-state index contributed by atoms with van der Waals surface area (Å²) in [5.74, 6) is 1.47. The summed E-state index contributed by atoms with van der Waals surface area (Å²) in [6.07, 6.45) is 5.69. The van der Waals surface area contributed by atoms with Gasteiger partial charge in [0.1, 0.15) is 23.2 Å². The molecule has 3 rings (SSSR count). The molecule has 0 heterocycles. The van der Waals surface area contributed by atoms with Gasteiger partial charge in [0, 0.05) is 11.5 Å². The Morgan fingerprint density at radius 3 is 2.52 bits per heavy atom. The fourth-order valence-electron chi connectivity index (χ4n) is 5.27. The molecule has 0 amide bonds. The maximum Gasteiger partial charge on any atom is 0.342 e. The van der Waals surface area contributed by atoms with Crippen LogP contribution in [0.4, 0.5) is 0 Å². The van der Waals surface area contributed by atoms with E-state index in [0.29, 0.717) is 28.4 Å². The van der Waals surface area contributed by atoms with Gasteiger partial charge in [0.15, 0.2) is 0 Å². The number of carbonyl (C=O) groups excluding carboxylic acids is 1. The van der Waals surface area contributed by atoms with Gasteiger partial charge in [-0.2, -0.15) is 0 Å². The van der Waals surface area contributed by atoms with Crippen molar-refractivity contribution in [2.45, 2.75) is 59.0 Å². The highest BCUT2D eigenvalue weighted by Crippen LogP contribution is 2.60. The molecule has 0 aromatic heterocycles. The van der Waals surface area contributed by atoms with Crippen molar-refractivity contribution in [3.05, 3.63) is 23.8 Å². The van der Waals surface area contributed by atoms with Gasteiger partial charge in [-0.05, 0) is 49.1 Å². The molecule has 0 saturated heterocycles. The Hall–Kier alpha value is -1.71. The number of carbonyl (C=O) groups is 1. The molecule has 3 atom stereocenters. The number of esters is 1. The minimum Gasteiger partial charge on any atom is -0.497 e. The molecule has 2 aliphatic carbocycles. The second kappa shape index (κ2) is 6.54. The lowest BCUT2D eigenvalue weighted by atomic mass is 9.57. The molecular formula is C21H30O4. The van der Waals surface area contributed by atoms with Crippen molar-refractivity contribution in [2.24, 2.45) is 16.7 Å². The minimum atomic E-state index is -0.297. The average Bonchev–Trinajstić information content (AvgIpc) is 2.91. The van der Waals surface area contributed by atoms with E-state index < -0.39 is 0 Å². The molecule has 1 aromatic rings. The second-order valence-electron chi connectivity index (χ2n) is 8.44. The molecule has 0 spiro atoms. The molecule has 0 unspecified atom stereocenters. The highest BCUT2D eigenvalue weighted by molar-refractivity contribution is 5.93. The van der Waals surface area contributed by atoms with Crippen LogP contribution in [-0.2, 0) is 4.74 Å². The van der Waals surface area contributed by atoms with E-state index in [1.165, 1.54) is 12.8 Å². The average molecular weight is 346 g/mol. The highest BCUT2D eigenvalue weighted by Gasteiger charge is 2.55. The van der Waals surface area contributed by atoms with Gasteiger partial charge in [0.25, 0.3) is 0 Å². The largest absolute Gasteiger partial charge is 0.497 e. The van der Waals surface area contributed by atoms with Gasteiger partial charge >= 0.3 is 5.97 Å². The first kappa shape index (κ1) is 18.1. The van der Waals surface area contributed by atoms with Gasteiger partial charge in [-0.15, -0.1) is 0 Å². The number of fused-ring (bicyclic) bond motifs is 1. The van der Waals surface area contributed by atoms with Crippen molar-refractivity contribution < 1.29 is 19.0 Å². The van der Waals surface area contributed by atoms with E-state index >= 15 is 0 Å². The summed E-state index contributed by atoms with van der Waals surface area (Å²) in [5.41, 5.74) is 0.869. The first-order valence-corrected chi connectivity index (χ1v) is 9.25. The van der Waals surface area contributed by atoms with E-state index in [-0.39, 0.29) is 17.5 Å². The number of benzene rings is 1. The van der Waals surface area contributed by atoms with Crippen LogP contribution in [0.3, 0.4) is 0 Å². The van der Waals surface area contributed by atoms with Crippen molar-refractivity contribution >= 4 is 5.97 Å². The van der Waals surface area contributed by atoms with Gasteiger partial charge in [-0.1, -0.05) is 27.2 Å². The predicted octanol–water partition coefficient (Wildman–Crippen LogP) is 4.86. The standard InChI is InChI=1S/C21H30O4/c1-20(2)11-6-12-21(3)17(20)9-10-18(21)25-19(22)15-8-7-14(23-4)13-16(15)24-5/h7-8,13,17-18H,6,9-12H2,1-5H3/t17-,18-,21-/m0/s1. The third kappa shape index (κ3) is 3.11. The Labute approximate surface area is 150 Å². The zero-order valence-corrected chi connectivity index (χ0v) is 16.1. The Balaban J connectivity index is 1.80. The summed E-state index contributed by atoms with van der Waals surface area (Å²) < 4.78 is 16.6. The SMILES string of the molecule is COc1ccc(C(=O)O[C@H]2CC[C@H]3C(C)(C)CCC[C@]23C)c(OC)c1. The summed E-state index contributed by atoms with van der Waals surface area (Å²) >= 11 is 0. The zero-order chi connectivity index (χ0) is 18.2. The maximum absolute atomic E-state index is 12.8. The molecule has 1 aromatic carbocycles. The number of hydrogen-bond donors (Lipinski definition) is 0. The molecule has 2 saturated carbocycles. The van der Waals surface area contributed by atoms with Crippen molar-refractivity contribution in [3.63, 3.8) is 0 Å². The molecule has 2 aliphatic rings. The third-order valence-corrected chi connectivity index (χ3v) is 6.61. The molecule has 0 radical (unpaired) electrons. The summed E-state index contributed by atoms with van der Waals surface area (Å²) in [6.45, 7) is 7.05. The van der Waals surface area contributed by atoms with E-state index in [0.717, 1.165) is 19.3 Å². The summed E-state index contributed by atoms with van der Waals surface area (Å²) in [5, 5.41) is 0. The lowest BCUT2D eigenvalue weighted by molar-refractivity contribution is -0.0549. The Morgan fingerprint density at radius 1 is 1.08 bits per heavy atom. The topological polar surface area (TPSA) is 44.8 Å². The number of ether oxygens (including phenoxy) is 3. The molecule has 2 fully saturated rings. The van der Waals surface area contributed by atoms with Gasteiger partial charge in [0.05, 0.1) is 14.2 Å². The Morgan fingerprint density at radius 2 is 1.84 bits per heavy atom. The molecule has 25 heavy (non-hydrogen) atoms. The first-order chi connectivity index (χ1) is 11.8. The molecule has 138 valence electrons. The molecule has 0 N–H and O–H groups in total. The normalized spacial score (nSPS) is 30.4. The van der Waals surface area contributed by atoms with Crippen LogP contribution >= 0.6 is 0 Å². The van der Waals surface area contributed by atoms with E-state index in [9.17, 15) is 4.79 Å². The van der Waals surface area contributed by atoms with Crippen molar-refractivity contribution in [1.29, 1.82) is 0 Å². The van der Waals surface area contributed by atoms with Crippen LogP contribution < -0.4 is 9.47 Å². The summed E-state index contributed by atoms with van der Waals surface area (Å²) in [4.78, 5) is 12.8. The van der Waals surface area contributed by atoms with Crippen LogP contribution in [0.2, 0.25) is 0 Å². The smallest absolute Gasteiger partial charge is 0.342 e. The quantitative estimate of drug-likeness (QED) is 0.731. The third-order valence-electron chi connectivity index (χ3n) is 6.61. The summed E-state index contributed by atoms with van der Waals surface area (Å²) in [6, 6.07) is 5.21. The first-order valence-electron chi connectivity index (χ1n) is 9.25. The van der Waals surface area contributed by atoms with Gasteiger partial charge in [0.2, 0.25) is 0 Å². The molecule has 4 nitrogen and oxygen atoms in total. The fourth-order valence-corrected chi connectivity index (χ4v) is 5.27. The van der Waals surface area contributed by atoms with E-state index in [4.69, 9.17) is 14.2 Å². The highest BCUT2D eigenvalue weighted by atomic mass is 16.5. The monoisotopic (exact) mass is 346 g/mol. The molecular weight excluding hydrogens is 316 g/mol. The van der Waals surface area contributed by atoms with E-state index in [1.807, 2.05) is 0 Å². The van der Waals surface area contributed by atoms with Crippen LogP contribution in [0, 0.1) is 16.7 Å². The number of methoxy groups -OCH3 is 2. The lowest BCUT2D eigenvalue weighted by Gasteiger charge is -2.49.